The van der Waals surface area contributed by atoms with Crippen molar-refractivity contribution in [3.8, 4) is 11.5 Å². The van der Waals surface area contributed by atoms with Crippen molar-refractivity contribution in [3.05, 3.63) is 58.7 Å². The van der Waals surface area contributed by atoms with Crippen LogP contribution in [0.5, 0.6) is 11.5 Å². The van der Waals surface area contributed by atoms with Gasteiger partial charge in [-0.2, -0.15) is 0 Å². The fraction of sp³-hybridized carbons (Fsp3) is 0.300. The van der Waals surface area contributed by atoms with Crippen LogP contribution in [0.15, 0.2) is 36.4 Å². The summed E-state index contributed by atoms with van der Waals surface area (Å²) in [5.74, 6) is 2.34. The third-order valence-corrected chi connectivity index (χ3v) is 6.24. The first-order valence-electron chi connectivity index (χ1n) is 8.14. The van der Waals surface area contributed by atoms with Crippen LogP contribution in [0.1, 0.15) is 58.8 Å². The molecule has 0 heterocycles. The van der Waals surface area contributed by atoms with E-state index in [4.69, 9.17) is 0 Å². The predicted octanol–water partition coefficient (Wildman–Crippen LogP) is 4.53. The summed E-state index contributed by atoms with van der Waals surface area (Å²) in [5.41, 5.74) is 4.62. The van der Waals surface area contributed by atoms with E-state index < -0.39 is 0 Å². The monoisotopic (exact) mass is 288 g/mol. The molecule has 0 unspecified atom stereocenters. The predicted molar refractivity (Wildman–Crippen MR) is 85.8 cm³/mol. The van der Waals surface area contributed by atoms with Crippen LogP contribution in [0.3, 0.4) is 0 Å². The number of allylic oxidation sites excluding steroid dienone is 4. The zero-order chi connectivity index (χ0) is 14.6. The van der Waals surface area contributed by atoms with E-state index in [2.05, 4.69) is 36.4 Å². The van der Waals surface area contributed by atoms with Gasteiger partial charge in [0.15, 0.2) is 0 Å². The molecule has 0 saturated carbocycles. The van der Waals surface area contributed by atoms with E-state index in [1.807, 2.05) is 0 Å². The number of phenolic OH excluding ortho intramolecular Hbond substituents is 2. The molecular weight excluding hydrogens is 272 g/mol. The van der Waals surface area contributed by atoms with Crippen molar-refractivity contribution < 1.29 is 10.2 Å². The van der Waals surface area contributed by atoms with Crippen LogP contribution in [-0.2, 0) is 0 Å². The molecule has 0 amide bonds. The molecule has 22 heavy (non-hydrogen) atoms. The van der Waals surface area contributed by atoms with Gasteiger partial charge in [0.2, 0.25) is 0 Å². The molecule has 0 aromatic heterocycles. The highest BCUT2D eigenvalue weighted by atomic mass is 16.3. The highest BCUT2D eigenvalue weighted by Gasteiger charge is 2.40. The molecule has 2 aromatic rings. The summed E-state index contributed by atoms with van der Waals surface area (Å²) in [6, 6.07) is 4.26. The first-order valence-corrected chi connectivity index (χ1v) is 8.14. The number of rotatable bonds is 0. The lowest BCUT2D eigenvalue weighted by Crippen LogP contribution is -1.98. The third kappa shape index (κ3) is 1.09. The SMILES string of the molecule is Oc1c2c(c(O)c3cc4c(cc13)[C@H]1C=C[C@@H]4C1)[C@H]1C=C[C@@H]2C1. The Kier molecular flexibility index (Phi) is 1.76. The zero-order valence-electron chi connectivity index (χ0n) is 12.1. The minimum atomic E-state index is 0.278. The van der Waals surface area contributed by atoms with Gasteiger partial charge in [0.1, 0.15) is 11.5 Å². The van der Waals surface area contributed by atoms with E-state index in [-0.39, 0.29) is 11.8 Å². The molecule has 0 spiro atoms. The molecule has 4 atom stereocenters. The van der Waals surface area contributed by atoms with Crippen molar-refractivity contribution in [2.45, 2.75) is 36.5 Å². The molecule has 4 bridgehead atoms. The molecule has 2 nitrogen and oxygen atoms in total. The summed E-state index contributed by atoms with van der Waals surface area (Å²) >= 11 is 0. The second-order valence-electron chi connectivity index (χ2n) is 7.22. The normalized spacial score (nSPS) is 32.2. The van der Waals surface area contributed by atoms with Gasteiger partial charge in [-0.15, -0.1) is 0 Å². The molecule has 2 aromatic carbocycles. The molecular formula is C20H16O2. The Morgan fingerprint density at radius 3 is 1.55 bits per heavy atom. The van der Waals surface area contributed by atoms with E-state index in [0.29, 0.717) is 23.3 Å². The number of benzene rings is 2. The van der Waals surface area contributed by atoms with E-state index in [1.165, 1.54) is 11.1 Å². The van der Waals surface area contributed by atoms with Gasteiger partial charge in [-0.05, 0) is 36.1 Å². The lowest BCUT2D eigenvalue weighted by atomic mass is 9.87. The van der Waals surface area contributed by atoms with Crippen molar-refractivity contribution in [2.24, 2.45) is 0 Å². The Hall–Kier alpha value is -2.22. The molecule has 0 radical (unpaired) electrons. The topological polar surface area (TPSA) is 40.5 Å². The Morgan fingerprint density at radius 2 is 1.05 bits per heavy atom. The molecule has 4 aliphatic rings. The van der Waals surface area contributed by atoms with Crippen LogP contribution in [0.25, 0.3) is 10.8 Å². The largest absolute Gasteiger partial charge is 0.507 e. The van der Waals surface area contributed by atoms with Gasteiger partial charge in [-0.25, -0.2) is 0 Å². The minimum Gasteiger partial charge on any atom is -0.507 e. The molecule has 2 heteroatoms. The molecule has 0 saturated heterocycles. The van der Waals surface area contributed by atoms with E-state index in [9.17, 15) is 10.2 Å². The van der Waals surface area contributed by atoms with Gasteiger partial charge in [0, 0.05) is 45.6 Å². The Balaban J connectivity index is 1.74. The van der Waals surface area contributed by atoms with Gasteiger partial charge in [-0.3, -0.25) is 0 Å². The molecule has 0 fully saturated rings. The van der Waals surface area contributed by atoms with Gasteiger partial charge in [-0.1, -0.05) is 24.3 Å². The maximum absolute atomic E-state index is 10.9. The standard InChI is InChI=1S/C20H16O2/c21-19-15-7-13-9-1-2-10(5-9)14(13)8-16(15)20(22)18-12-4-3-11(6-12)17(18)19/h1-4,7-12,21-22H,5-6H2/t9-,10+,11+,12-. The highest BCUT2D eigenvalue weighted by Crippen LogP contribution is 2.59. The maximum atomic E-state index is 10.9. The van der Waals surface area contributed by atoms with Crippen molar-refractivity contribution >= 4 is 10.8 Å². The third-order valence-electron chi connectivity index (χ3n) is 6.24. The smallest absolute Gasteiger partial charge is 0.127 e. The number of hydrogen-bond donors (Lipinski definition) is 2. The van der Waals surface area contributed by atoms with Crippen molar-refractivity contribution in [1.82, 2.24) is 0 Å². The fourth-order valence-corrected chi connectivity index (χ4v) is 5.25. The molecule has 108 valence electrons. The summed E-state index contributed by atoms with van der Waals surface area (Å²) in [6.07, 6.45) is 11.1. The minimum absolute atomic E-state index is 0.278. The van der Waals surface area contributed by atoms with Gasteiger partial charge < -0.3 is 10.2 Å². The maximum Gasteiger partial charge on any atom is 0.127 e. The van der Waals surface area contributed by atoms with Crippen LogP contribution in [-0.4, -0.2) is 10.2 Å². The van der Waals surface area contributed by atoms with Crippen LogP contribution < -0.4 is 0 Å². The Bertz CT molecular complexity index is 862. The average Bonchev–Trinajstić information content (AvgIpc) is 3.29. The highest BCUT2D eigenvalue weighted by molar-refractivity contribution is 5.98. The van der Waals surface area contributed by atoms with Crippen molar-refractivity contribution in [1.29, 1.82) is 0 Å². The summed E-state index contributed by atoms with van der Waals surface area (Å²) in [4.78, 5) is 0. The average molecular weight is 288 g/mol. The van der Waals surface area contributed by atoms with E-state index in [0.717, 1.165) is 34.7 Å². The molecule has 2 N–H and O–H groups in total. The van der Waals surface area contributed by atoms with Crippen LogP contribution in [0.4, 0.5) is 0 Å². The Labute approximate surface area is 128 Å². The van der Waals surface area contributed by atoms with Gasteiger partial charge in [0.25, 0.3) is 0 Å². The fourth-order valence-electron chi connectivity index (χ4n) is 5.25. The first-order chi connectivity index (χ1) is 10.7. The quantitative estimate of drug-likeness (QED) is 0.552. The molecule has 6 rings (SSSR count). The lowest BCUT2D eigenvalue weighted by Gasteiger charge is -2.19. The summed E-state index contributed by atoms with van der Waals surface area (Å²) < 4.78 is 0. The van der Waals surface area contributed by atoms with Crippen LogP contribution >= 0.6 is 0 Å². The summed E-state index contributed by atoms with van der Waals surface area (Å²) in [5, 5.41) is 23.4. The number of phenols is 2. The number of aromatic hydroxyl groups is 2. The van der Waals surface area contributed by atoms with Gasteiger partial charge in [0.05, 0.1) is 0 Å². The summed E-state index contributed by atoms with van der Waals surface area (Å²) in [7, 11) is 0. The lowest BCUT2D eigenvalue weighted by molar-refractivity contribution is 0.460. The van der Waals surface area contributed by atoms with E-state index >= 15 is 0 Å². The second-order valence-corrected chi connectivity index (χ2v) is 7.22. The molecule has 4 aliphatic carbocycles. The van der Waals surface area contributed by atoms with E-state index in [1.54, 1.807) is 0 Å². The first kappa shape index (κ1) is 11.4. The number of hydrogen-bond acceptors (Lipinski definition) is 2. The van der Waals surface area contributed by atoms with Crippen molar-refractivity contribution in [2.75, 3.05) is 0 Å². The van der Waals surface area contributed by atoms with Crippen molar-refractivity contribution in [3.63, 3.8) is 0 Å². The molecule has 0 aliphatic heterocycles. The Morgan fingerprint density at radius 1 is 0.636 bits per heavy atom. The van der Waals surface area contributed by atoms with Crippen LogP contribution in [0, 0.1) is 0 Å². The summed E-state index contributed by atoms with van der Waals surface area (Å²) in [6.45, 7) is 0. The van der Waals surface area contributed by atoms with Gasteiger partial charge >= 0.3 is 0 Å². The zero-order valence-corrected chi connectivity index (χ0v) is 12.1. The number of fused-ring (bicyclic) bond motifs is 11. The van der Waals surface area contributed by atoms with Crippen LogP contribution in [0.2, 0.25) is 0 Å². The second kappa shape index (κ2) is 3.40.